The quantitative estimate of drug-likeness (QED) is 0.362. The van der Waals surface area contributed by atoms with E-state index in [0.29, 0.717) is 33.7 Å². The Morgan fingerprint density at radius 3 is 2.68 bits per heavy atom. The van der Waals surface area contributed by atoms with Gasteiger partial charge in [-0.1, -0.05) is 12.1 Å². The van der Waals surface area contributed by atoms with Gasteiger partial charge in [-0.2, -0.15) is 0 Å². The van der Waals surface area contributed by atoms with Gasteiger partial charge in [-0.15, -0.1) is 0 Å². The standard InChI is InChI=1S/C24H21FN4O4S/c1-32-21-8-14(7-15-11-26-24-17(15)9-16(12-27-24)34(2,30)31)18(25)10-22(21)33-13-23-28-19-5-3-4-6-20(19)29-23/h3-6,8-12H,7,13H2,1-2H3,(H,26,27)(H,28,29). The molecular weight excluding hydrogens is 459 g/mol. The summed E-state index contributed by atoms with van der Waals surface area (Å²) in [7, 11) is -1.93. The number of hydrogen-bond donors (Lipinski definition) is 2. The fourth-order valence-electron chi connectivity index (χ4n) is 3.80. The van der Waals surface area contributed by atoms with E-state index in [2.05, 4.69) is 19.9 Å². The summed E-state index contributed by atoms with van der Waals surface area (Å²) in [5.74, 6) is 0.772. The molecule has 2 aromatic carbocycles. The molecule has 0 saturated heterocycles. The number of ether oxygens (including phenoxy) is 2. The van der Waals surface area contributed by atoms with Crippen LogP contribution in [-0.2, 0) is 22.9 Å². The number of hydrogen-bond acceptors (Lipinski definition) is 6. The van der Waals surface area contributed by atoms with E-state index >= 15 is 4.39 Å². The van der Waals surface area contributed by atoms with Crippen LogP contribution < -0.4 is 9.47 Å². The highest BCUT2D eigenvalue weighted by atomic mass is 32.2. The molecule has 0 aliphatic heterocycles. The summed E-state index contributed by atoms with van der Waals surface area (Å²) in [6.07, 6.45) is 4.33. The lowest BCUT2D eigenvalue weighted by molar-refractivity contribution is 0.275. The normalized spacial score (nSPS) is 11.9. The smallest absolute Gasteiger partial charge is 0.177 e. The zero-order valence-corrected chi connectivity index (χ0v) is 19.2. The number of imidazole rings is 1. The van der Waals surface area contributed by atoms with Crippen LogP contribution in [-0.4, -0.2) is 41.7 Å². The van der Waals surface area contributed by atoms with E-state index in [4.69, 9.17) is 9.47 Å². The minimum Gasteiger partial charge on any atom is -0.493 e. The number of methoxy groups -OCH3 is 1. The average Bonchev–Trinajstić information content (AvgIpc) is 3.41. The summed E-state index contributed by atoms with van der Waals surface area (Å²) in [4.78, 5) is 14.9. The van der Waals surface area contributed by atoms with Crippen LogP contribution in [0.4, 0.5) is 4.39 Å². The van der Waals surface area contributed by atoms with Gasteiger partial charge < -0.3 is 19.4 Å². The van der Waals surface area contributed by atoms with E-state index in [1.807, 2.05) is 24.3 Å². The minimum absolute atomic E-state index is 0.105. The Labute approximate surface area is 194 Å². The summed E-state index contributed by atoms with van der Waals surface area (Å²) in [5, 5.41) is 0.617. The van der Waals surface area contributed by atoms with E-state index in [-0.39, 0.29) is 23.7 Å². The lowest BCUT2D eigenvalue weighted by Gasteiger charge is -2.12. The fourth-order valence-corrected chi connectivity index (χ4v) is 4.37. The molecule has 8 nitrogen and oxygen atoms in total. The number of aromatic nitrogens is 4. The van der Waals surface area contributed by atoms with Gasteiger partial charge in [0.15, 0.2) is 21.3 Å². The largest absolute Gasteiger partial charge is 0.493 e. The van der Waals surface area contributed by atoms with Crippen LogP contribution in [0.5, 0.6) is 11.5 Å². The monoisotopic (exact) mass is 480 g/mol. The second-order valence-electron chi connectivity index (χ2n) is 7.91. The number of H-pyrrole nitrogens is 2. The molecule has 174 valence electrons. The predicted molar refractivity (Wildman–Crippen MR) is 125 cm³/mol. The molecule has 0 fully saturated rings. The number of nitrogens with one attached hydrogen (secondary N) is 2. The Hall–Kier alpha value is -3.92. The van der Waals surface area contributed by atoms with Crippen molar-refractivity contribution in [1.82, 2.24) is 19.9 Å². The molecule has 10 heteroatoms. The topological polar surface area (TPSA) is 110 Å². The van der Waals surface area contributed by atoms with Crippen molar-refractivity contribution in [2.75, 3.05) is 13.4 Å². The third kappa shape index (κ3) is 4.19. The average molecular weight is 481 g/mol. The first-order valence-corrected chi connectivity index (χ1v) is 12.3. The third-order valence-electron chi connectivity index (χ3n) is 5.54. The summed E-state index contributed by atoms with van der Waals surface area (Å²) >= 11 is 0. The first kappa shape index (κ1) is 21.9. The molecule has 2 N–H and O–H groups in total. The van der Waals surface area contributed by atoms with E-state index in [9.17, 15) is 8.42 Å². The first-order chi connectivity index (χ1) is 16.3. The van der Waals surface area contributed by atoms with Crippen LogP contribution in [0, 0.1) is 5.82 Å². The van der Waals surface area contributed by atoms with Crippen molar-refractivity contribution in [2.24, 2.45) is 0 Å². The van der Waals surface area contributed by atoms with Crippen LogP contribution in [0.2, 0.25) is 0 Å². The molecule has 5 aromatic rings. The molecule has 3 aromatic heterocycles. The van der Waals surface area contributed by atoms with Gasteiger partial charge in [0, 0.05) is 36.5 Å². The molecule has 0 radical (unpaired) electrons. The maximum atomic E-state index is 15.0. The Balaban J connectivity index is 1.41. The Morgan fingerprint density at radius 2 is 1.91 bits per heavy atom. The molecule has 0 bridgehead atoms. The summed E-state index contributed by atoms with van der Waals surface area (Å²) in [6, 6.07) is 12.0. The van der Waals surface area contributed by atoms with Crippen LogP contribution in [0.15, 0.2) is 59.8 Å². The van der Waals surface area contributed by atoms with E-state index < -0.39 is 15.7 Å². The van der Waals surface area contributed by atoms with E-state index in [0.717, 1.165) is 17.3 Å². The van der Waals surface area contributed by atoms with Gasteiger partial charge in [-0.25, -0.2) is 22.8 Å². The highest BCUT2D eigenvalue weighted by Gasteiger charge is 2.17. The van der Waals surface area contributed by atoms with Crippen molar-refractivity contribution in [3.63, 3.8) is 0 Å². The van der Waals surface area contributed by atoms with Gasteiger partial charge in [0.2, 0.25) is 0 Å². The molecule has 0 saturated carbocycles. The number of nitrogens with zero attached hydrogens (tertiary/aromatic N) is 2. The number of rotatable bonds is 7. The van der Waals surface area contributed by atoms with Crippen molar-refractivity contribution in [3.8, 4) is 11.5 Å². The highest BCUT2D eigenvalue weighted by Crippen LogP contribution is 2.33. The van der Waals surface area contributed by atoms with Crippen LogP contribution >= 0.6 is 0 Å². The second kappa shape index (κ2) is 8.45. The van der Waals surface area contributed by atoms with Crippen molar-refractivity contribution < 1.29 is 22.3 Å². The minimum atomic E-state index is -3.42. The van der Waals surface area contributed by atoms with Gasteiger partial charge in [-0.05, 0) is 35.4 Å². The lowest BCUT2D eigenvalue weighted by Crippen LogP contribution is -2.02. The van der Waals surface area contributed by atoms with Crippen molar-refractivity contribution in [1.29, 1.82) is 0 Å². The summed E-state index contributed by atoms with van der Waals surface area (Å²) < 4.78 is 50.1. The van der Waals surface area contributed by atoms with Crippen molar-refractivity contribution in [2.45, 2.75) is 17.9 Å². The molecule has 0 atom stereocenters. The molecule has 0 unspecified atom stereocenters. The SMILES string of the molecule is COc1cc(Cc2c[nH]c3ncc(S(C)(=O)=O)cc23)c(F)cc1OCc1nc2ccccc2[nH]1. The number of aromatic amines is 2. The van der Waals surface area contributed by atoms with Crippen molar-refractivity contribution >= 4 is 31.9 Å². The molecule has 0 aliphatic carbocycles. The van der Waals surface area contributed by atoms with Gasteiger partial charge in [-0.3, -0.25) is 0 Å². The van der Waals surface area contributed by atoms with Gasteiger partial charge >= 0.3 is 0 Å². The zero-order chi connectivity index (χ0) is 23.9. The lowest BCUT2D eigenvalue weighted by atomic mass is 10.0. The Morgan fingerprint density at radius 1 is 1.09 bits per heavy atom. The third-order valence-corrected chi connectivity index (χ3v) is 6.62. The Bertz CT molecular complexity index is 1590. The second-order valence-corrected chi connectivity index (χ2v) is 9.93. The fraction of sp³-hybridized carbons (Fsp3) is 0.167. The van der Waals surface area contributed by atoms with E-state index in [1.54, 1.807) is 18.3 Å². The molecule has 0 aliphatic rings. The van der Waals surface area contributed by atoms with Crippen LogP contribution in [0.3, 0.4) is 0 Å². The number of halogens is 1. The van der Waals surface area contributed by atoms with Gasteiger partial charge in [0.1, 0.15) is 23.9 Å². The van der Waals surface area contributed by atoms with Gasteiger partial charge in [0.25, 0.3) is 0 Å². The van der Waals surface area contributed by atoms with Crippen molar-refractivity contribution in [3.05, 3.63) is 77.6 Å². The number of fused-ring (bicyclic) bond motifs is 2. The maximum absolute atomic E-state index is 15.0. The zero-order valence-electron chi connectivity index (χ0n) is 18.4. The van der Waals surface area contributed by atoms with Crippen LogP contribution in [0.25, 0.3) is 22.1 Å². The Kier molecular flexibility index (Phi) is 5.45. The molecular formula is C24H21FN4O4S. The van der Waals surface area contributed by atoms with Crippen LogP contribution in [0.1, 0.15) is 17.0 Å². The highest BCUT2D eigenvalue weighted by molar-refractivity contribution is 7.90. The molecule has 0 spiro atoms. The molecule has 3 heterocycles. The van der Waals surface area contributed by atoms with E-state index in [1.165, 1.54) is 19.4 Å². The number of benzene rings is 2. The van der Waals surface area contributed by atoms with Gasteiger partial charge in [0.05, 0.1) is 23.0 Å². The summed E-state index contributed by atoms with van der Waals surface area (Å²) in [6.45, 7) is 0.117. The molecule has 34 heavy (non-hydrogen) atoms. The number of pyridine rings is 1. The first-order valence-electron chi connectivity index (χ1n) is 10.4. The number of para-hydroxylation sites is 2. The molecule has 0 amide bonds. The predicted octanol–water partition coefficient (Wildman–Crippen LogP) is 4.16. The number of sulfone groups is 1. The maximum Gasteiger partial charge on any atom is 0.177 e. The molecule has 5 rings (SSSR count). The summed E-state index contributed by atoms with van der Waals surface area (Å²) in [5.41, 5.74) is 3.33.